The Balaban J connectivity index is 3.92. The third-order valence-corrected chi connectivity index (χ3v) is 15.7. The highest BCUT2D eigenvalue weighted by Crippen LogP contribution is 2.38. The second-order valence-electron chi connectivity index (χ2n) is 23.5. The number of phosphoric acid groups is 1. The molecule has 9 nitrogen and oxygen atoms in total. The van der Waals surface area contributed by atoms with Crippen LogP contribution < -0.4 is 4.89 Å². The Morgan fingerprint density at radius 2 is 0.689 bits per heavy atom. The van der Waals surface area contributed by atoms with Gasteiger partial charge in [-0.15, -0.1) is 0 Å². The maximum atomic E-state index is 12.8. The summed E-state index contributed by atoms with van der Waals surface area (Å²) in [5, 5.41) is 0. The minimum absolute atomic E-state index is 0.0288. The molecule has 0 bridgehead atoms. The van der Waals surface area contributed by atoms with Crippen LogP contribution in [0.3, 0.4) is 0 Å². The minimum Gasteiger partial charge on any atom is -0.756 e. The monoisotopic (exact) mass is 1070 g/mol. The molecule has 0 saturated carbocycles. The van der Waals surface area contributed by atoms with E-state index >= 15 is 0 Å². The molecule has 0 saturated heterocycles. The highest BCUT2D eigenvalue weighted by atomic mass is 31.2. The number of phosphoric ester groups is 1. The topological polar surface area (TPSA) is 111 Å². The van der Waals surface area contributed by atoms with E-state index in [-0.39, 0.29) is 32.0 Å². The van der Waals surface area contributed by atoms with Gasteiger partial charge >= 0.3 is 11.9 Å². The van der Waals surface area contributed by atoms with Crippen molar-refractivity contribution in [2.75, 3.05) is 47.5 Å². The van der Waals surface area contributed by atoms with Crippen LogP contribution in [0.15, 0.2) is 12.2 Å². The lowest BCUT2D eigenvalue weighted by Gasteiger charge is -2.28. The maximum Gasteiger partial charge on any atom is 0.306 e. The number of quaternary nitrogens is 1. The molecule has 0 spiro atoms. The molecule has 0 fully saturated rings. The molecule has 0 aromatic carbocycles. The summed E-state index contributed by atoms with van der Waals surface area (Å²) in [6, 6.07) is 0. The Labute approximate surface area is 460 Å². The van der Waals surface area contributed by atoms with Crippen molar-refractivity contribution in [1.29, 1.82) is 0 Å². The molecule has 0 aromatic heterocycles. The number of rotatable bonds is 61. The molecule has 0 aliphatic heterocycles. The largest absolute Gasteiger partial charge is 0.756 e. The number of unbranched alkanes of at least 4 members (excludes halogenated alkanes) is 45. The maximum absolute atomic E-state index is 12.8. The first-order valence-electron chi connectivity index (χ1n) is 32.4. The van der Waals surface area contributed by atoms with Crippen molar-refractivity contribution in [3.05, 3.63) is 12.2 Å². The molecule has 2 atom stereocenters. The Bertz CT molecular complexity index is 1260. The van der Waals surface area contributed by atoms with Gasteiger partial charge in [-0.3, -0.25) is 14.2 Å². The molecule has 0 rings (SSSR count). The molecule has 0 aromatic rings. The fourth-order valence-electron chi connectivity index (χ4n) is 9.77. The van der Waals surface area contributed by atoms with Gasteiger partial charge in [0, 0.05) is 12.8 Å². The van der Waals surface area contributed by atoms with Gasteiger partial charge in [0.15, 0.2) is 6.10 Å². The zero-order valence-electron chi connectivity index (χ0n) is 50.1. The second-order valence-corrected chi connectivity index (χ2v) is 24.9. The molecule has 0 radical (unpaired) electrons. The fourth-order valence-corrected chi connectivity index (χ4v) is 10.5. The highest BCUT2D eigenvalue weighted by molar-refractivity contribution is 7.45. The number of carbonyl (C=O) groups excluding carboxylic acids is 2. The number of carbonyl (C=O) groups is 2. The third kappa shape index (κ3) is 60.0. The predicted octanol–water partition coefficient (Wildman–Crippen LogP) is 19.8. The van der Waals surface area contributed by atoms with Gasteiger partial charge in [-0.05, 0) is 38.5 Å². The lowest BCUT2D eigenvalue weighted by molar-refractivity contribution is -0.870. The van der Waals surface area contributed by atoms with E-state index in [2.05, 4.69) is 26.0 Å². The van der Waals surface area contributed by atoms with Crippen LogP contribution in [0.5, 0.6) is 0 Å². The van der Waals surface area contributed by atoms with Gasteiger partial charge in [-0.2, -0.15) is 0 Å². The van der Waals surface area contributed by atoms with Crippen LogP contribution in [0.2, 0.25) is 0 Å². The van der Waals surface area contributed by atoms with Crippen LogP contribution in [0.4, 0.5) is 0 Å². The number of likely N-dealkylation sites (N-methyl/N-ethyl adjacent to an activating group) is 1. The molecule has 74 heavy (non-hydrogen) atoms. The van der Waals surface area contributed by atoms with Gasteiger partial charge in [0.05, 0.1) is 27.7 Å². The summed E-state index contributed by atoms with van der Waals surface area (Å²) in [7, 11) is 1.18. The van der Waals surface area contributed by atoms with E-state index in [1.54, 1.807) is 0 Å². The molecule has 2 unspecified atom stereocenters. The van der Waals surface area contributed by atoms with Gasteiger partial charge in [-0.1, -0.05) is 296 Å². The van der Waals surface area contributed by atoms with Gasteiger partial charge < -0.3 is 27.9 Å². The van der Waals surface area contributed by atoms with Crippen LogP contribution in [0.1, 0.15) is 335 Å². The normalized spacial score (nSPS) is 13.2. The minimum atomic E-state index is -4.63. The summed E-state index contributed by atoms with van der Waals surface area (Å²) in [5.74, 6) is -0.824. The van der Waals surface area contributed by atoms with Crippen molar-refractivity contribution in [3.63, 3.8) is 0 Å². The number of allylic oxidation sites excluding steroid dienone is 2. The van der Waals surface area contributed by atoms with Gasteiger partial charge in [-0.25, -0.2) is 0 Å². The first-order chi connectivity index (χ1) is 36.0. The van der Waals surface area contributed by atoms with Crippen molar-refractivity contribution < 1.29 is 42.1 Å². The summed E-state index contributed by atoms with van der Waals surface area (Å²) in [4.78, 5) is 37.9. The number of hydrogen-bond acceptors (Lipinski definition) is 8. The van der Waals surface area contributed by atoms with E-state index in [1.807, 2.05) is 21.1 Å². The van der Waals surface area contributed by atoms with Crippen LogP contribution in [-0.2, 0) is 32.7 Å². The highest BCUT2D eigenvalue weighted by Gasteiger charge is 2.22. The van der Waals surface area contributed by atoms with Crippen molar-refractivity contribution in [2.24, 2.45) is 0 Å². The Morgan fingerprint density at radius 3 is 1.00 bits per heavy atom. The van der Waals surface area contributed by atoms with Crippen LogP contribution in [0.25, 0.3) is 0 Å². The van der Waals surface area contributed by atoms with Crippen LogP contribution in [0, 0.1) is 0 Å². The summed E-state index contributed by atoms with van der Waals surface area (Å²) in [6.45, 7) is 4.29. The van der Waals surface area contributed by atoms with E-state index in [1.165, 1.54) is 250 Å². The predicted molar refractivity (Wildman–Crippen MR) is 315 cm³/mol. The molecular formula is C64H126NO8P. The van der Waals surface area contributed by atoms with E-state index in [0.717, 1.165) is 51.4 Å². The Hall–Kier alpha value is -1.25. The van der Waals surface area contributed by atoms with Crippen LogP contribution >= 0.6 is 7.82 Å². The van der Waals surface area contributed by atoms with E-state index < -0.39 is 26.5 Å². The van der Waals surface area contributed by atoms with Gasteiger partial charge in [0.25, 0.3) is 7.82 Å². The second kappa shape index (κ2) is 56.5. The SMILES string of the molecule is CCCCCCCCC/C=C\CCCCCCCC(=O)OC(COC(=O)CCCCCCCCCCCCCCCCCCCCCCCCCCCCCCCCCCCC)COP(=O)([O-])OCC[N+](C)(C)C. The third-order valence-electron chi connectivity index (χ3n) is 14.8. The molecule has 0 heterocycles. The molecule has 0 aliphatic rings. The summed E-state index contributed by atoms with van der Waals surface area (Å²) in [5.41, 5.74) is 0. The molecular weight excluding hydrogens is 942 g/mol. The first-order valence-corrected chi connectivity index (χ1v) is 33.9. The average molecular weight is 1070 g/mol. The van der Waals surface area contributed by atoms with Crippen molar-refractivity contribution in [1.82, 2.24) is 0 Å². The number of ether oxygens (including phenoxy) is 2. The van der Waals surface area contributed by atoms with Crippen molar-refractivity contribution in [2.45, 2.75) is 341 Å². The molecule has 0 N–H and O–H groups in total. The van der Waals surface area contributed by atoms with E-state index in [4.69, 9.17) is 18.5 Å². The summed E-state index contributed by atoms with van der Waals surface area (Å²) in [6.07, 6.45) is 67.3. The zero-order chi connectivity index (χ0) is 54.2. The number of nitrogens with zero attached hydrogens (tertiary/aromatic N) is 1. The molecule has 440 valence electrons. The standard InChI is InChI=1S/C64H126NO8P/c1-6-8-10-12-14-16-18-20-22-24-25-26-27-28-29-30-31-32-33-34-35-36-37-38-39-40-41-43-44-46-48-50-52-54-56-63(66)70-60-62(61-72-74(68,69)71-59-58-65(3,4)5)73-64(67)57-55-53-51-49-47-45-42-23-21-19-17-15-13-11-9-7-2/h23,42,62H,6-22,24-41,43-61H2,1-5H3/b42-23-. The molecule has 10 heteroatoms. The van der Waals surface area contributed by atoms with Gasteiger partial charge in [0.2, 0.25) is 0 Å². The molecule has 0 amide bonds. The summed E-state index contributed by atoms with van der Waals surface area (Å²) >= 11 is 0. The first kappa shape index (κ1) is 72.8. The quantitative estimate of drug-likeness (QED) is 0.0195. The van der Waals surface area contributed by atoms with Crippen molar-refractivity contribution in [3.8, 4) is 0 Å². The smallest absolute Gasteiger partial charge is 0.306 e. The average Bonchev–Trinajstić information content (AvgIpc) is 3.36. The lowest BCUT2D eigenvalue weighted by atomic mass is 10.0. The number of hydrogen-bond donors (Lipinski definition) is 0. The number of esters is 2. The lowest BCUT2D eigenvalue weighted by Crippen LogP contribution is -2.37. The fraction of sp³-hybridized carbons (Fsp3) is 0.938. The van der Waals surface area contributed by atoms with E-state index in [0.29, 0.717) is 17.4 Å². The Morgan fingerprint density at radius 1 is 0.405 bits per heavy atom. The summed E-state index contributed by atoms with van der Waals surface area (Å²) < 4.78 is 34.2. The van der Waals surface area contributed by atoms with Crippen LogP contribution in [-0.4, -0.2) is 70.0 Å². The van der Waals surface area contributed by atoms with Gasteiger partial charge in [0.1, 0.15) is 19.8 Å². The van der Waals surface area contributed by atoms with E-state index in [9.17, 15) is 19.0 Å². The Kier molecular flexibility index (Phi) is 55.5. The van der Waals surface area contributed by atoms with Crippen molar-refractivity contribution >= 4 is 19.8 Å². The molecule has 0 aliphatic carbocycles. The zero-order valence-corrected chi connectivity index (χ0v) is 51.0.